The molecule has 1 rings (SSSR count). The van der Waals surface area contributed by atoms with Gasteiger partial charge in [0.25, 0.3) is 5.91 Å². The maximum absolute atomic E-state index is 11.1. The fourth-order valence-electron chi connectivity index (χ4n) is 1.21. The van der Waals surface area contributed by atoms with E-state index in [4.69, 9.17) is 15.2 Å². The van der Waals surface area contributed by atoms with Crippen LogP contribution in [0.5, 0.6) is 5.75 Å². The van der Waals surface area contributed by atoms with Gasteiger partial charge in [0.05, 0.1) is 6.61 Å². The SMILES string of the molecule is CCOC(=O)CNc1ccc(OCC(N)=O)cc1. The second-order valence-electron chi connectivity index (χ2n) is 3.44. The molecule has 6 nitrogen and oxygen atoms in total. The standard InChI is InChI=1S/C12H16N2O4/c1-2-17-12(16)7-14-9-3-5-10(6-4-9)18-8-11(13)15/h3-6,14H,2,7-8H2,1H3,(H2,13,15). The molecule has 0 fully saturated rings. The molecule has 0 atom stereocenters. The lowest BCUT2D eigenvalue weighted by atomic mass is 10.3. The number of esters is 1. The van der Waals surface area contributed by atoms with Gasteiger partial charge in [-0.25, -0.2) is 0 Å². The van der Waals surface area contributed by atoms with Crippen molar-refractivity contribution in [1.29, 1.82) is 0 Å². The van der Waals surface area contributed by atoms with Gasteiger partial charge in [-0.2, -0.15) is 0 Å². The van der Waals surface area contributed by atoms with Gasteiger partial charge in [0.1, 0.15) is 12.3 Å². The number of anilines is 1. The number of nitrogens with two attached hydrogens (primary N) is 1. The molecule has 18 heavy (non-hydrogen) atoms. The average molecular weight is 252 g/mol. The quantitative estimate of drug-likeness (QED) is 0.691. The molecule has 0 unspecified atom stereocenters. The summed E-state index contributed by atoms with van der Waals surface area (Å²) in [5.41, 5.74) is 5.71. The first-order valence-electron chi connectivity index (χ1n) is 5.52. The lowest BCUT2D eigenvalue weighted by molar-refractivity contribution is -0.140. The van der Waals surface area contributed by atoms with Crippen LogP contribution in [0.3, 0.4) is 0 Å². The Labute approximate surface area is 105 Å². The number of carbonyl (C=O) groups is 2. The fraction of sp³-hybridized carbons (Fsp3) is 0.333. The van der Waals surface area contributed by atoms with Crippen LogP contribution in [0.1, 0.15) is 6.92 Å². The predicted octanol–water partition coefficient (Wildman–Crippen LogP) is 0.526. The van der Waals surface area contributed by atoms with Crippen molar-refractivity contribution in [3.8, 4) is 5.75 Å². The van der Waals surface area contributed by atoms with Crippen LogP contribution < -0.4 is 15.8 Å². The van der Waals surface area contributed by atoms with Gasteiger partial charge in [-0.15, -0.1) is 0 Å². The molecule has 0 heterocycles. The van der Waals surface area contributed by atoms with Crippen molar-refractivity contribution in [2.75, 3.05) is 25.1 Å². The Morgan fingerprint density at radius 3 is 2.50 bits per heavy atom. The van der Waals surface area contributed by atoms with Gasteiger partial charge in [0.15, 0.2) is 6.61 Å². The summed E-state index contributed by atoms with van der Waals surface area (Å²) < 4.78 is 9.87. The molecule has 0 saturated heterocycles. The number of carbonyl (C=O) groups excluding carboxylic acids is 2. The molecule has 0 radical (unpaired) electrons. The van der Waals surface area contributed by atoms with Crippen molar-refractivity contribution in [1.82, 2.24) is 0 Å². The zero-order valence-electron chi connectivity index (χ0n) is 10.1. The number of ether oxygens (including phenoxy) is 2. The molecule has 1 aromatic carbocycles. The molecular formula is C12H16N2O4. The molecule has 0 aliphatic carbocycles. The largest absolute Gasteiger partial charge is 0.484 e. The minimum absolute atomic E-state index is 0.106. The van der Waals surface area contributed by atoms with Crippen LogP contribution >= 0.6 is 0 Å². The van der Waals surface area contributed by atoms with E-state index in [1.165, 1.54) is 0 Å². The maximum Gasteiger partial charge on any atom is 0.325 e. The van der Waals surface area contributed by atoms with E-state index in [-0.39, 0.29) is 19.1 Å². The molecule has 0 aliphatic rings. The first-order valence-corrected chi connectivity index (χ1v) is 5.52. The van der Waals surface area contributed by atoms with E-state index in [1.54, 1.807) is 31.2 Å². The van der Waals surface area contributed by atoms with Gasteiger partial charge in [0.2, 0.25) is 0 Å². The highest BCUT2D eigenvalue weighted by atomic mass is 16.5. The van der Waals surface area contributed by atoms with Crippen molar-refractivity contribution in [2.24, 2.45) is 5.73 Å². The summed E-state index contributed by atoms with van der Waals surface area (Å²) in [7, 11) is 0. The van der Waals surface area contributed by atoms with Crippen LogP contribution in [-0.4, -0.2) is 31.6 Å². The van der Waals surface area contributed by atoms with E-state index >= 15 is 0 Å². The average Bonchev–Trinajstić information content (AvgIpc) is 2.35. The summed E-state index contributed by atoms with van der Waals surface area (Å²) in [4.78, 5) is 21.6. The highest BCUT2D eigenvalue weighted by Gasteiger charge is 2.01. The Hall–Kier alpha value is -2.24. The van der Waals surface area contributed by atoms with Crippen molar-refractivity contribution >= 4 is 17.6 Å². The van der Waals surface area contributed by atoms with Gasteiger partial charge < -0.3 is 20.5 Å². The summed E-state index contributed by atoms with van der Waals surface area (Å²) in [5.74, 6) is -0.304. The lowest BCUT2D eigenvalue weighted by Gasteiger charge is -2.07. The topological polar surface area (TPSA) is 90.7 Å². The Bertz CT molecular complexity index is 403. The van der Waals surface area contributed by atoms with Crippen molar-refractivity contribution in [3.63, 3.8) is 0 Å². The Kier molecular flexibility index (Phi) is 5.50. The van der Waals surface area contributed by atoms with Crippen LogP contribution in [0.2, 0.25) is 0 Å². The van der Waals surface area contributed by atoms with Crippen molar-refractivity contribution in [3.05, 3.63) is 24.3 Å². The molecule has 0 spiro atoms. The van der Waals surface area contributed by atoms with Gasteiger partial charge in [-0.1, -0.05) is 0 Å². The smallest absolute Gasteiger partial charge is 0.325 e. The molecule has 3 N–H and O–H groups in total. The summed E-state index contributed by atoms with van der Waals surface area (Å²) >= 11 is 0. The Balaban J connectivity index is 2.40. The van der Waals surface area contributed by atoms with Crippen molar-refractivity contribution < 1.29 is 19.1 Å². The molecule has 98 valence electrons. The number of benzene rings is 1. The Morgan fingerprint density at radius 1 is 1.28 bits per heavy atom. The number of hydrogen-bond acceptors (Lipinski definition) is 5. The second-order valence-corrected chi connectivity index (χ2v) is 3.44. The van der Waals surface area contributed by atoms with Gasteiger partial charge >= 0.3 is 5.97 Å². The van der Waals surface area contributed by atoms with Crippen LogP contribution in [-0.2, 0) is 14.3 Å². The molecule has 6 heteroatoms. The predicted molar refractivity (Wildman–Crippen MR) is 66.3 cm³/mol. The zero-order valence-corrected chi connectivity index (χ0v) is 10.1. The van der Waals surface area contributed by atoms with Crippen LogP contribution in [0.15, 0.2) is 24.3 Å². The molecule has 0 saturated carbocycles. The van der Waals surface area contributed by atoms with E-state index in [0.717, 1.165) is 5.69 Å². The summed E-state index contributed by atoms with van der Waals surface area (Å²) in [6.45, 7) is 2.06. The number of nitrogens with one attached hydrogen (secondary N) is 1. The molecule has 0 bridgehead atoms. The summed E-state index contributed by atoms with van der Waals surface area (Å²) in [5, 5.41) is 2.90. The Morgan fingerprint density at radius 2 is 1.94 bits per heavy atom. The van der Waals surface area contributed by atoms with Gasteiger partial charge in [0, 0.05) is 5.69 Å². The normalized spacial score (nSPS) is 9.61. The van der Waals surface area contributed by atoms with E-state index < -0.39 is 5.91 Å². The third-order valence-electron chi connectivity index (χ3n) is 1.98. The van der Waals surface area contributed by atoms with Gasteiger partial charge in [-0.05, 0) is 31.2 Å². The van der Waals surface area contributed by atoms with E-state index in [9.17, 15) is 9.59 Å². The van der Waals surface area contributed by atoms with Crippen molar-refractivity contribution in [2.45, 2.75) is 6.92 Å². The minimum atomic E-state index is -0.528. The zero-order chi connectivity index (χ0) is 13.4. The van der Waals surface area contributed by atoms with E-state index in [0.29, 0.717) is 12.4 Å². The number of primary amides is 1. The minimum Gasteiger partial charge on any atom is -0.484 e. The monoisotopic (exact) mass is 252 g/mol. The lowest BCUT2D eigenvalue weighted by Crippen LogP contribution is -2.20. The van der Waals surface area contributed by atoms with Crippen LogP contribution in [0.4, 0.5) is 5.69 Å². The molecule has 0 aliphatic heterocycles. The highest BCUT2D eigenvalue weighted by Crippen LogP contribution is 2.15. The first-order chi connectivity index (χ1) is 8.61. The number of amides is 1. The van der Waals surface area contributed by atoms with E-state index in [1.807, 2.05) is 0 Å². The highest BCUT2D eigenvalue weighted by molar-refractivity contribution is 5.75. The summed E-state index contributed by atoms with van der Waals surface area (Å²) in [6.07, 6.45) is 0. The third kappa shape index (κ3) is 5.20. The summed E-state index contributed by atoms with van der Waals surface area (Å²) in [6, 6.07) is 6.82. The number of hydrogen-bond donors (Lipinski definition) is 2. The molecule has 0 aromatic heterocycles. The molecular weight excluding hydrogens is 236 g/mol. The fourth-order valence-corrected chi connectivity index (χ4v) is 1.21. The third-order valence-corrected chi connectivity index (χ3v) is 1.98. The van der Waals surface area contributed by atoms with Gasteiger partial charge in [-0.3, -0.25) is 9.59 Å². The first kappa shape index (κ1) is 13.8. The van der Waals surface area contributed by atoms with E-state index in [2.05, 4.69) is 5.32 Å². The maximum atomic E-state index is 11.1. The second kappa shape index (κ2) is 7.16. The number of rotatable bonds is 7. The molecule has 1 amide bonds. The molecule has 1 aromatic rings. The van der Waals surface area contributed by atoms with Crippen LogP contribution in [0, 0.1) is 0 Å². The van der Waals surface area contributed by atoms with Crippen LogP contribution in [0.25, 0.3) is 0 Å².